The van der Waals surface area contributed by atoms with Gasteiger partial charge in [-0.25, -0.2) is 4.99 Å². The molecular weight excluding hydrogens is 390 g/mol. The molecule has 0 bridgehead atoms. The minimum atomic E-state index is 0.162. The average Bonchev–Trinajstić information content (AvgIpc) is 2.72. The van der Waals surface area contributed by atoms with Crippen molar-refractivity contribution in [1.29, 1.82) is 0 Å². The molecule has 0 amide bonds. The first-order chi connectivity index (χ1) is 14.1. The molecule has 0 aliphatic heterocycles. The number of rotatable bonds is 10. The van der Waals surface area contributed by atoms with E-state index >= 15 is 0 Å². The highest BCUT2D eigenvalue weighted by Gasteiger charge is 2.31. The monoisotopic (exact) mass is 425 g/mol. The summed E-state index contributed by atoms with van der Waals surface area (Å²) in [5.74, 6) is 1.96. The van der Waals surface area contributed by atoms with Crippen LogP contribution in [0.4, 0.5) is 0 Å². The number of ether oxygens (including phenoxy) is 2. The highest BCUT2D eigenvalue weighted by atomic mass is 35.5. The summed E-state index contributed by atoms with van der Waals surface area (Å²) in [4.78, 5) is 4.73. The molecule has 0 spiro atoms. The summed E-state index contributed by atoms with van der Waals surface area (Å²) >= 11 is 6.38. The summed E-state index contributed by atoms with van der Waals surface area (Å²) in [5, 5.41) is 16.9. The highest BCUT2D eigenvalue weighted by Crippen LogP contribution is 2.39. The lowest BCUT2D eigenvalue weighted by Crippen LogP contribution is -2.44. The maximum absolute atomic E-state index is 9.53. The molecule has 1 aliphatic rings. The van der Waals surface area contributed by atoms with Gasteiger partial charge >= 0.3 is 0 Å². The van der Waals surface area contributed by atoms with Crippen LogP contribution >= 0.6 is 11.6 Å². The van der Waals surface area contributed by atoms with Gasteiger partial charge in [-0.15, -0.1) is 0 Å². The summed E-state index contributed by atoms with van der Waals surface area (Å²) in [7, 11) is 1.61. The molecule has 0 unspecified atom stereocenters. The van der Waals surface area contributed by atoms with E-state index in [1.165, 1.54) is 19.3 Å². The second kappa shape index (κ2) is 12.1. The molecule has 3 N–H and O–H groups in total. The Kier molecular flexibility index (Phi) is 9.88. The number of nitrogens with zero attached hydrogens (tertiary/aromatic N) is 1. The van der Waals surface area contributed by atoms with Crippen molar-refractivity contribution >= 4 is 17.6 Å². The zero-order chi connectivity index (χ0) is 21.1. The number of benzene rings is 1. The Morgan fingerprint density at radius 1 is 1.21 bits per heavy atom. The molecule has 0 saturated heterocycles. The Hall–Kier alpha value is -1.66. The molecule has 1 fully saturated rings. The van der Waals surface area contributed by atoms with E-state index in [9.17, 15) is 5.11 Å². The summed E-state index contributed by atoms with van der Waals surface area (Å²) in [5.41, 5.74) is 1.12. The molecule has 164 valence electrons. The minimum absolute atomic E-state index is 0.162. The topological polar surface area (TPSA) is 75.1 Å². The lowest BCUT2D eigenvalue weighted by atomic mass is 9.72. The summed E-state index contributed by atoms with van der Waals surface area (Å²) in [6.07, 6.45) is 6.92. The van der Waals surface area contributed by atoms with Gasteiger partial charge < -0.3 is 25.2 Å². The smallest absolute Gasteiger partial charge is 0.191 e. The van der Waals surface area contributed by atoms with Crippen LogP contribution < -0.4 is 20.1 Å². The van der Waals surface area contributed by atoms with E-state index in [4.69, 9.17) is 26.1 Å². The molecular formula is C22H36ClN3O3. The zero-order valence-corrected chi connectivity index (χ0v) is 18.8. The van der Waals surface area contributed by atoms with Crippen molar-refractivity contribution in [3.63, 3.8) is 0 Å². The maximum atomic E-state index is 9.53. The lowest BCUT2D eigenvalue weighted by molar-refractivity contribution is 0.131. The SMILES string of the molecule is CCNC(=NCc1cc(Cl)c(OCC)c(OC)c1)NCC1(CCO)CCCCC1. The third-order valence-electron chi connectivity index (χ3n) is 5.53. The van der Waals surface area contributed by atoms with Crippen molar-refractivity contribution in [2.45, 2.75) is 58.9 Å². The second-order valence-corrected chi connectivity index (χ2v) is 8.03. The largest absolute Gasteiger partial charge is 0.493 e. The molecule has 0 aromatic heterocycles. The van der Waals surface area contributed by atoms with Crippen LogP contribution in [0.15, 0.2) is 17.1 Å². The number of methoxy groups -OCH3 is 1. The van der Waals surface area contributed by atoms with Gasteiger partial charge in [-0.3, -0.25) is 0 Å². The van der Waals surface area contributed by atoms with Gasteiger partial charge in [0.2, 0.25) is 0 Å². The van der Waals surface area contributed by atoms with Crippen molar-refractivity contribution < 1.29 is 14.6 Å². The number of aliphatic hydroxyl groups is 1. The lowest BCUT2D eigenvalue weighted by Gasteiger charge is -2.37. The van der Waals surface area contributed by atoms with Crippen LogP contribution in [0, 0.1) is 5.41 Å². The van der Waals surface area contributed by atoms with E-state index in [2.05, 4.69) is 17.6 Å². The first-order valence-electron chi connectivity index (χ1n) is 10.7. The molecule has 1 aromatic rings. The van der Waals surface area contributed by atoms with Crippen molar-refractivity contribution in [3.05, 3.63) is 22.7 Å². The van der Waals surface area contributed by atoms with Crippen LogP contribution in [0.25, 0.3) is 0 Å². The molecule has 1 saturated carbocycles. The zero-order valence-electron chi connectivity index (χ0n) is 18.0. The quantitative estimate of drug-likeness (QED) is 0.388. The van der Waals surface area contributed by atoms with E-state index in [1.54, 1.807) is 7.11 Å². The first-order valence-corrected chi connectivity index (χ1v) is 11.1. The molecule has 1 aromatic carbocycles. The molecule has 0 heterocycles. The van der Waals surface area contributed by atoms with Gasteiger partial charge in [-0.2, -0.15) is 0 Å². The van der Waals surface area contributed by atoms with Gasteiger partial charge in [-0.1, -0.05) is 30.9 Å². The van der Waals surface area contributed by atoms with Crippen molar-refractivity contribution in [3.8, 4) is 11.5 Å². The summed E-state index contributed by atoms with van der Waals surface area (Å²) in [6.45, 7) is 6.82. The fourth-order valence-corrected chi connectivity index (χ4v) is 4.27. The molecule has 1 aliphatic carbocycles. The number of guanidine groups is 1. The van der Waals surface area contributed by atoms with Gasteiger partial charge in [0.05, 0.1) is 25.3 Å². The van der Waals surface area contributed by atoms with Crippen molar-refractivity contribution in [1.82, 2.24) is 10.6 Å². The minimum Gasteiger partial charge on any atom is -0.493 e. The Bertz CT molecular complexity index is 655. The summed E-state index contributed by atoms with van der Waals surface area (Å²) in [6, 6.07) is 3.79. The molecule has 29 heavy (non-hydrogen) atoms. The number of nitrogens with one attached hydrogen (secondary N) is 2. The van der Waals surface area contributed by atoms with E-state index in [-0.39, 0.29) is 12.0 Å². The van der Waals surface area contributed by atoms with Gasteiger partial charge in [0, 0.05) is 19.7 Å². The number of hydrogen-bond acceptors (Lipinski definition) is 4. The number of aliphatic hydroxyl groups excluding tert-OH is 1. The van der Waals surface area contributed by atoms with E-state index in [0.717, 1.165) is 43.9 Å². The van der Waals surface area contributed by atoms with Crippen LogP contribution in [0.1, 0.15) is 57.9 Å². The van der Waals surface area contributed by atoms with Crippen molar-refractivity contribution in [2.24, 2.45) is 10.4 Å². The third kappa shape index (κ3) is 6.96. The molecule has 6 nitrogen and oxygen atoms in total. The predicted molar refractivity (Wildman–Crippen MR) is 119 cm³/mol. The first kappa shape index (κ1) is 23.6. The second-order valence-electron chi connectivity index (χ2n) is 7.63. The maximum Gasteiger partial charge on any atom is 0.191 e. The van der Waals surface area contributed by atoms with Crippen LogP contribution in [-0.4, -0.2) is 44.5 Å². The molecule has 0 radical (unpaired) electrons. The number of hydrogen-bond donors (Lipinski definition) is 3. The van der Waals surface area contributed by atoms with Crippen LogP contribution in [-0.2, 0) is 6.54 Å². The molecule has 7 heteroatoms. The molecule has 0 atom stereocenters. The van der Waals surface area contributed by atoms with Crippen LogP contribution in [0.3, 0.4) is 0 Å². The van der Waals surface area contributed by atoms with Gasteiger partial charge in [0.1, 0.15) is 0 Å². The normalized spacial score (nSPS) is 16.4. The third-order valence-corrected chi connectivity index (χ3v) is 5.81. The summed E-state index contributed by atoms with van der Waals surface area (Å²) < 4.78 is 11.0. The van der Waals surface area contributed by atoms with Gasteiger partial charge in [-0.05, 0) is 56.2 Å². The Balaban J connectivity index is 2.09. The standard InChI is InChI=1S/C22H36ClN3O3/c1-4-24-21(26-16-22(11-12-27)9-7-6-8-10-22)25-15-17-13-18(23)20(29-5-2)19(14-17)28-3/h13-14,27H,4-12,15-16H2,1-3H3,(H2,24,25,26). The predicted octanol–water partition coefficient (Wildman–Crippen LogP) is 4.14. The number of aliphatic imine (C=N–C) groups is 1. The fraction of sp³-hybridized carbons (Fsp3) is 0.682. The van der Waals surface area contributed by atoms with Crippen LogP contribution in [0.2, 0.25) is 5.02 Å². The van der Waals surface area contributed by atoms with E-state index in [0.29, 0.717) is 29.7 Å². The Morgan fingerprint density at radius 2 is 1.97 bits per heavy atom. The Morgan fingerprint density at radius 3 is 2.59 bits per heavy atom. The fourth-order valence-electron chi connectivity index (χ4n) is 3.99. The van der Waals surface area contributed by atoms with E-state index < -0.39 is 0 Å². The average molecular weight is 426 g/mol. The number of halogens is 1. The van der Waals surface area contributed by atoms with E-state index in [1.807, 2.05) is 19.1 Å². The van der Waals surface area contributed by atoms with Gasteiger partial charge in [0.25, 0.3) is 0 Å². The van der Waals surface area contributed by atoms with Gasteiger partial charge in [0.15, 0.2) is 17.5 Å². The highest BCUT2D eigenvalue weighted by molar-refractivity contribution is 6.32. The Labute approximate surface area is 180 Å². The molecule has 2 rings (SSSR count). The van der Waals surface area contributed by atoms with Crippen LogP contribution in [0.5, 0.6) is 11.5 Å². The van der Waals surface area contributed by atoms with Crippen molar-refractivity contribution in [2.75, 3.05) is 33.4 Å².